The van der Waals surface area contributed by atoms with Gasteiger partial charge in [-0.2, -0.15) is 0 Å². The monoisotopic (exact) mass is 421 g/mol. The molecule has 1 fully saturated rings. The second-order valence-electron chi connectivity index (χ2n) is 8.78. The number of non-ortho nitro benzene ring substituents is 1. The van der Waals surface area contributed by atoms with Crippen LogP contribution in [-0.2, 0) is 11.2 Å². The normalized spacial score (nSPS) is 25.0. The van der Waals surface area contributed by atoms with Crippen LogP contribution in [0.25, 0.3) is 10.1 Å². The molecule has 0 spiro atoms. The highest BCUT2D eigenvalue weighted by molar-refractivity contribution is 7.19. The molecule has 6 heteroatoms. The summed E-state index contributed by atoms with van der Waals surface area (Å²) in [5.41, 5.74) is 3.03. The van der Waals surface area contributed by atoms with Crippen LogP contribution < -0.4 is 0 Å². The lowest BCUT2D eigenvalue weighted by Gasteiger charge is -2.39. The molecule has 0 radical (unpaired) electrons. The summed E-state index contributed by atoms with van der Waals surface area (Å²) in [4.78, 5) is 24.6. The van der Waals surface area contributed by atoms with Crippen molar-refractivity contribution < 1.29 is 14.5 Å². The number of hydrogen-bond acceptors (Lipinski definition) is 5. The minimum atomic E-state index is -0.468. The molecule has 0 aliphatic heterocycles. The number of thiophene rings is 1. The standard InChI is InChI=1S/C24H23NO4S/c1-14-3-8-17-18-11-12-24(2)19(22(18)30-20(17)13-14)9-10-21(24)29-23(26)15-4-6-16(7-5-15)25(27)28/h3-8,13,19,21H,9-12H2,1-2H3/t19?,21?,24-/m1/s1. The summed E-state index contributed by atoms with van der Waals surface area (Å²) in [6, 6.07) is 12.4. The van der Waals surface area contributed by atoms with Gasteiger partial charge in [-0.25, -0.2) is 4.79 Å². The number of aryl methyl sites for hydroxylation is 2. The van der Waals surface area contributed by atoms with Crippen LogP contribution in [0.2, 0.25) is 0 Å². The van der Waals surface area contributed by atoms with E-state index >= 15 is 0 Å². The molecule has 1 aromatic heterocycles. The fraction of sp³-hybridized carbons (Fsp3) is 0.375. The van der Waals surface area contributed by atoms with E-state index < -0.39 is 10.9 Å². The van der Waals surface area contributed by atoms with Crippen molar-refractivity contribution in [2.45, 2.75) is 51.6 Å². The zero-order valence-electron chi connectivity index (χ0n) is 17.0. The first kappa shape index (κ1) is 19.2. The minimum absolute atomic E-state index is 0.0285. The van der Waals surface area contributed by atoms with Crippen molar-refractivity contribution in [1.29, 1.82) is 0 Å². The molecule has 5 rings (SSSR count). The van der Waals surface area contributed by atoms with E-state index in [9.17, 15) is 14.9 Å². The van der Waals surface area contributed by atoms with Crippen LogP contribution in [0.1, 0.15) is 58.5 Å². The third-order valence-electron chi connectivity index (χ3n) is 7.02. The number of hydrogen-bond donors (Lipinski definition) is 0. The third-order valence-corrected chi connectivity index (χ3v) is 8.33. The van der Waals surface area contributed by atoms with Crippen molar-refractivity contribution in [2.75, 3.05) is 0 Å². The molecule has 0 amide bonds. The number of carbonyl (C=O) groups is 1. The van der Waals surface area contributed by atoms with E-state index in [0.29, 0.717) is 11.5 Å². The topological polar surface area (TPSA) is 69.4 Å². The molecule has 0 saturated heterocycles. The average molecular weight is 422 g/mol. The molecule has 30 heavy (non-hydrogen) atoms. The quantitative estimate of drug-likeness (QED) is 0.288. The van der Waals surface area contributed by atoms with Crippen LogP contribution in [0, 0.1) is 22.5 Å². The van der Waals surface area contributed by atoms with Gasteiger partial charge in [0.25, 0.3) is 5.69 Å². The maximum atomic E-state index is 12.7. The number of nitrogens with zero attached hydrogens (tertiary/aromatic N) is 1. The van der Waals surface area contributed by atoms with Gasteiger partial charge < -0.3 is 4.74 Å². The van der Waals surface area contributed by atoms with Crippen LogP contribution in [0.15, 0.2) is 42.5 Å². The van der Waals surface area contributed by atoms with Gasteiger partial charge in [0.1, 0.15) is 6.10 Å². The predicted octanol–water partition coefficient (Wildman–Crippen LogP) is 6.17. The molecule has 0 bridgehead atoms. The second kappa shape index (κ2) is 6.91. The lowest BCUT2D eigenvalue weighted by Crippen LogP contribution is -2.37. The van der Waals surface area contributed by atoms with Gasteiger partial charge in [0.15, 0.2) is 0 Å². The third kappa shape index (κ3) is 2.93. The van der Waals surface area contributed by atoms with Gasteiger partial charge in [0.05, 0.1) is 10.5 Å². The zero-order valence-corrected chi connectivity index (χ0v) is 17.8. The first-order chi connectivity index (χ1) is 14.4. The second-order valence-corrected chi connectivity index (χ2v) is 9.86. The molecular weight excluding hydrogens is 398 g/mol. The summed E-state index contributed by atoms with van der Waals surface area (Å²) in [6.45, 7) is 4.39. The Kier molecular flexibility index (Phi) is 4.43. The highest BCUT2D eigenvalue weighted by atomic mass is 32.1. The van der Waals surface area contributed by atoms with E-state index in [1.54, 1.807) is 0 Å². The van der Waals surface area contributed by atoms with Crippen LogP contribution in [0.5, 0.6) is 0 Å². The number of fused-ring (bicyclic) bond motifs is 5. The largest absolute Gasteiger partial charge is 0.458 e. The molecule has 2 aromatic carbocycles. The Labute approximate surface area is 178 Å². The number of nitro benzene ring substituents is 1. The van der Waals surface area contributed by atoms with Crippen molar-refractivity contribution in [3.8, 4) is 0 Å². The van der Waals surface area contributed by atoms with E-state index in [4.69, 9.17) is 4.74 Å². The van der Waals surface area contributed by atoms with Gasteiger partial charge in [-0.1, -0.05) is 19.1 Å². The van der Waals surface area contributed by atoms with Crippen molar-refractivity contribution in [3.05, 3.63) is 74.1 Å². The molecular formula is C24H23NO4S. The molecule has 1 saturated carbocycles. The summed E-state index contributed by atoms with van der Waals surface area (Å²) < 4.78 is 7.33. The minimum Gasteiger partial charge on any atom is -0.458 e. The van der Waals surface area contributed by atoms with Crippen LogP contribution in [0.3, 0.4) is 0 Å². The summed E-state index contributed by atoms with van der Waals surface area (Å²) in [7, 11) is 0. The molecule has 3 aromatic rings. The zero-order chi connectivity index (χ0) is 21.0. The Balaban J connectivity index is 1.40. The van der Waals surface area contributed by atoms with Gasteiger partial charge in [-0.15, -0.1) is 11.3 Å². The van der Waals surface area contributed by atoms with Gasteiger partial charge in [-0.05, 0) is 67.3 Å². The lowest BCUT2D eigenvalue weighted by molar-refractivity contribution is -0.384. The van der Waals surface area contributed by atoms with E-state index in [1.807, 2.05) is 11.3 Å². The van der Waals surface area contributed by atoms with Crippen LogP contribution in [0.4, 0.5) is 5.69 Å². The molecule has 2 aliphatic rings. The van der Waals surface area contributed by atoms with Gasteiger partial charge in [-0.3, -0.25) is 10.1 Å². The Hall–Kier alpha value is -2.73. The average Bonchev–Trinajstić information content (AvgIpc) is 3.25. The molecule has 1 heterocycles. The van der Waals surface area contributed by atoms with E-state index in [-0.39, 0.29) is 17.2 Å². The maximum absolute atomic E-state index is 12.7. The number of ether oxygens (including phenoxy) is 1. The van der Waals surface area contributed by atoms with E-state index in [2.05, 4.69) is 32.0 Å². The Bertz CT molecular complexity index is 1170. The molecule has 0 N–H and O–H groups in total. The molecule has 3 atom stereocenters. The predicted molar refractivity (Wildman–Crippen MR) is 117 cm³/mol. The molecule has 5 nitrogen and oxygen atoms in total. The van der Waals surface area contributed by atoms with Gasteiger partial charge >= 0.3 is 5.97 Å². The smallest absolute Gasteiger partial charge is 0.338 e. The number of rotatable bonds is 3. The maximum Gasteiger partial charge on any atom is 0.338 e. The fourth-order valence-electron chi connectivity index (χ4n) is 5.29. The number of carbonyl (C=O) groups excluding carboxylic acids is 1. The van der Waals surface area contributed by atoms with Gasteiger partial charge in [0, 0.05) is 33.0 Å². The van der Waals surface area contributed by atoms with Crippen molar-refractivity contribution in [2.24, 2.45) is 5.41 Å². The summed E-state index contributed by atoms with van der Waals surface area (Å²) in [5.74, 6) is 0.0168. The van der Waals surface area contributed by atoms with Crippen molar-refractivity contribution in [3.63, 3.8) is 0 Å². The first-order valence-corrected chi connectivity index (χ1v) is 11.2. The van der Waals surface area contributed by atoms with Crippen molar-refractivity contribution in [1.82, 2.24) is 0 Å². The van der Waals surface area contributed by atoms with Crippen LogP contribution in [-0.4, -0.2) is 17.0 Å². The van der Waals surface area contributed by atoms with Gasteiger partial charge in [0.2, 0.25) is 0 Å². The van der Waals surface area contributed by atoms with E-state index in [0.717, 1.165) is 25.7 Å². The molecule has 2 aliphatic carbocycles. The van der Waals surface area contributed by atoms with Crippen LogP contribution >= 0.6 is 11.3 Å². The number of nitro groups is 1. The number of esters is 1. The molecule has 2 unspecified atom stereocenters. The fourth-order valence-corrected chi connectivity index (χ4v) is 6.93. The SMILES string of the molecule is Cc1ccc2c3c(sc2c1)C1CCC(OC(=O)c2ccc([N+](=O)[O-])cc2)[C@]1(C)CC3. The Morgan fingerprint density at radius 2 is 1.97 bits per heavy atom. The lowest BCUT2D eigenvalue weighted by atomic mass is 9.68. The summed E-state index contributed by atoms with van der Waals surface area (Å²) in [6.07, 6.45) is 3.75. The Morgan fingerprint density at radius 1 is 1.20 bits per heavy atom. The number of benzene rings is 2. The Morgan fingerprint density at radius 3 is 2.70 bits per heavy atom. The summed E-state index contributed by atoms with van der Waals surface area (Å²) in [5, 5.41) is 12.2. The van der Waals surface area contributed by atoms with E-state index in [1.165, 1.54) is 50.4 Å². The van der Waals surface area contributed by atoms with Crippen molar-refractivity contribution >= 4 is 33.1 Å². The summed E-state index contributed by atoms with van der Waals surface area (Å²) >= 11 is 1.91. The highest BCUT2D eigenvalue weighted by Gasteiger charge is 2.52. The molecule has 154 valence electrons. The first-order valence-electron chi connectivity index (χ1n) is 10.3. The highest BCUT2D eigenvalue weighted by Crippen LogP contribution is 2.59.